The van der Waals surface area contributed by atoms with E-state index in [-0.39, 0.29) is 6.61 Å². The predicted molar refractivity (Wildman–Crippen MR) is 49.8 cm³/mol. The fraction of sp³-hybridized carbons (Fsp3) is 0.800. The molecule has 0 aromatic carbocycles. The Kier molecular flexibility index (Phi) is 4.82. The molecular weight excluding hydrogens is 150 g/mol. The third-order valence-electron chi connectivity index (χ3n) is 2.21. The normalized spacial score (nSPS) is 19.4. The maximum absolute atomic E-state index is 8.46. The summed E-state index contributed by atoms with van der Waals surface area (Å²) in [7, 11) is 0. The zero-order chi connectivity index (χ0) is 8.65. The van der Waals surface area contributed by atoms with Gasteiger partial charge in [0.15, 0.2) is 0 Å². The van der Waals surface area contributed by atoms with Crippen LogP contribution in [0.4, 0.5) is 0 Å². The van der Waals surface area contributed by atoms with E-state index in [1.165, 1.54) is 38.8 Å². The van der Waals surface area contributed by atoms with Gasteiger partial charge in [-0.3, -0.25) is 4.90 Å². The van der Waals surface area contributed by atoms with E-state index in [2.05, 4.69) is 16.7 Å². The zero-order valence-corrected chi connectivity index (χ0v) is 7.55. The van der Waals surface area contributed by atoms with Crippen LogP contribution >= 0.6 is 0 Å². The molecule has 0 radical (unpaired) electrons. The lowest BCUT2D eigenvalue weighted by Gasteiger charge is -2.15. The van der Waals surface area contributed by atoms with Gasteiger partial charge < -0.3 is 5.11 Å². The molecular formula is C10H17NO. The van der Waals surface area contributed by atoms with E-state index in [9.17, 15) is 0 Å². The molecule has 12 heavy (non-hydrogen) atoms. The number of hydrogen-bond acceptors (Lipinski definition) is 2. The molecule has 2 heteroatoms. The maximum Gasteiger partial charge on any atom is 0.104 e. The largest absolute Gasteiger partial charge is 0.384 e. The Morgan fingerprint density at radius 2 is 1.67 bits per heavy atom. The second kappa shape index (κ2) is 6.05. The molecule has 1 heterocycles. The van der Waals surface area contributed by atoms with Crippen molar-refractivity contribution < 1.29 is 5.11 Å². The summed E-state index contributed by atoms with van der Waals surface area (Å²) >= 11 is 0. The van der Waals surface area contributed by atoms with Gasteiger partial charge in [0, 0.05) is 0 Å². The zero-order valence-electron chi connectivity index (χ0n) is 7.55. The molecule has 0 bridgehead atoms. The van der Waals surface area contributed by atoms with Crippen molar-refractivity contribution in [2.45, 2.75) is 25.7 Å². The molecule has 1 fully saturated rings. The first-order valence-corrected chi connectivity index (χ1v) is 4.72. The van der Waals surface area contributed by atoms with Gasteiger partial charge >= 0.3 is 0 Å². The SMILES string of the molecule is OCC#CCN1CCCCCC1. The highest BCUT2D eigenvalue weighted by Gasteiger charge is 2.06. The van der Waals surface area contributed by atoms with Gasteiger partial charge in [-0.2, -0.15) is 0 Å². The third-order valence-corrected chi connectivity index (χ3v) is 2.21. The fourth-order valence-electron chi connectivity index (χ4n) is 1.52. The lowest BCUT2D eigenvalue weighted by Crippen LogP contribution is -2.24. The summed E-state index contributed by atoms with van der Waals surface area (Å²) in [6.45, 7) is 3.19. The van der Waals surface area contributed by atoms with E-state index in [1.807, 2.05) is 0 Å². The van der Waals surface area contributed by atoms with Gasteiger partial charge in [0.2, 0.25) is 0 Å². The molecule has 0 spiro atoms. The van der Waals surface area contributed by atoms with E-state index in [0.717, 1.165) is 6.54 Å². The van der Waals surface area contributed by atoms with Gasteiger partial charge in [-0.15, -0.1) is 0 Å². The van der Waals surface area contributed by atoms with Gasteiger partial charge in [0.25, 0.3) is 0 Å². The van der Waals surface area contributed by atoms with Crippen LogP contribution in [0.3, 0.4) is 0 Å². The van der Waals surface area contributed by atoms with Crippen molar-refractivity contribution in [1.29, 1.82) is 0 Å². The van der Waals surface area contributed by atoms with E-state index in [4.69, 9.17) is 5.11 Å². The first-order chi connectivity index (χ1) is 5.93. The quantitative estimate of drug-likeness (QED) is 0.585. The molecule has 1 N–H and O–H groups in total. The Morgan fingerprint density at radius 3 is 2.25 bits per heavy atom. The van der Waals surface area contributed by atoms with Crippen LogP contribution in [0.15, 0.2) is 0 Å². The van der Waals surface area contributed by atoms with Gasteiger partial charge in [-0.25, -0.2) is 0 Å². The van der Waals surface area contributed by atoms with E-state index in [1.54, 1.807) is 0 Å². The molecule has 0 unspecified atom stereocenters. The molecule has 1 aliphatic heterocycles. The molecule has 1 saturated heterocycles. The minimum absolute atomic E-state index is 0.00611. The minimum Gasteiger partial charge on any atom is -0.384 e. The maximum atomic E-state index is 8.46. The summed E-state index contributed by atoms with van der Waals surface area (Å²) in [6.07, 6.45) is 5.34. The van der Waals surface area contributed by atoms with Crippen LogP contribution in [-0.4, -0.2) is 36.2 Å². The van der Waals surface area contributed by atoms with Crippen LogP contribution < -0.4 is 0 Å². The minimum atomic E-state index is -0.00611. The number of nitrogens with zero attached hydrogens (tertiary/aromatic N) is 1. The van der Waals surface area contributed by atoms with Crippen molar-refractivity contribution in [3.05, 3.63) is 0 Å². The lowest BCUT2D eigenvalue weighted by molar-refractivity contribution is 0.319. The Labute approximate surface area is 74.6 Å². The molecule has 0 aromatic rings. The topological polar surface area (TPSA) is 23.5 Å². The monoisotopic (exact) mass is 167 g/mol. The highest BCUT2D eigenvalue weighted by Crippen LogP contribution is 2.08. The van der Waals surface area contributed by atoms with Crippen LogP contribution in [0, 0.1) is 11.8 Å². The molecule has 1 aliphatic rings. The number of aliphatic hydroxyl groups excluding tert-OH is 1. The number of aliphatic hydroxyl groups is 1. The van der Waals surface area contributed by atoms with Crippen molar-refractivity contribution in [3.63, 3.8) is 0 Å². The molecule has 2 nitrogen and oxygen atoms in total. The fourth-order valence-corrected chi connectivity index (χ4v) is 1.52. The van der Waals surface area contributed by atoms with Crippen molar-refractivity contribution >= 4 is 0 Å². The Bertz CT molecular complexity index is 160. The molecule has 0 amide bonds. The van der Waals surface area contributed by atoms with Crippen molar-refractivity contribution in [3.8, 4) is 11.8 Å². The second-order valence-electron chi connectivity index (χ2n) is 3.20. The van der Waals surface area contributed by atoms with Crippen molar-refractivity contribution in [1.82, 2.24) is 4.90 Å². The van der Waals surface area contributed by atoms with Gasteiger partial charge in [-0.05, 0) is 25.9 Å². The summed E-state index contributed by atoms with van der Waals surface area (Å²) < 4.78 is 0. The van der Waals surface area contributed by atoms with Crippen LogP contribution in [-0.2, 0) is 0 Å². The smallest absolute Gasteiger partial charge is 0.104 e. The average Bonchev–Trinajstić information content (AvgIpc) is 2.33. The van der Waals surface area contributed by atoms with Crippen LogP contribution in [0.1, 0.15) is 25.7 Å². The summed E-state index contributed by atoms with van der Waals surface area (Å²) in [5, 5.41) is 8.46. The molecule has 0 atom stereocenters. The van der Waals surface area contributed by atoms with Crippen LogP contribution in [0.25, 0.3) is 0 Å². The van der Waals surface area contributed by atoms with E-state index >= 15 is 0 Å². The molecule has 0 saturated carbocycles. The first-order valence-electron chi connectivity index (χ1n) is 4.72. The summed E-state index contributed by atoms with van der Waals surface area (Å²) in [5.41, 5.74) is 0. The lowest BCUT2D eigenvalue weighted by atomic mass is 10.2. The Hall–Kier alpha value is -0.520. The summed E-state index contributed by atoms with van der Waals surface area (Å²) in [4.78, 5) is 2.37. The number of rotatable bonds is 1. The predicted octanol–water partition coefficient (Wildman–Crippen LogP) is 0.858. The van der Waals surface area contributed by atoms with Gasteiger partial charge in [-0.1, -0.05) is 24.7 Å². The summed E-state index contributed by atoms with van der Waals surface area (Å²) in [6, 6.07) is 0. The Morgan fingerprint density at radius 1 is 1.00 bits per heavy atom. The standard InChI is InChI=1S/C10H17NO/c12-10-6-5-9-11-7-3-1-2-4-8-11/h12H,1-4,7-10H2. The van der Waals surface area contributed by atoms with Gasteiger partial charge in [0.1, 0.15) is 6.61 Å². The molecule has 0 aliphatic carbocycles. The molecule has 1 rings (SSSR count). The third kappa shape index (κ3) is 3.75. The van der Waals surface area contributed by atoms with Crippen LogP contribution in [0.2, 0.25) is 0 Å². The number of likely N-dealkylation sites (tertiary alicyclic amines) is 1. The number of hydrogen-bond donors (Lipinski definition) is 1. The highest BCUT2D eigenvalue weighted by atomic mass is 16.2. The van der Waals surface area contributed by atoms with Crippen molar-refractivity contribution in [2.75, 3.05) is 26.2 Å². The second-order valence-corrected chi connectivity index (χ2v) is 3.20. The Balaban J connectivity index is 2.20. The molecule has 68 valence electrons. The van der Waals surface area contributed by atoms with Crippen LogP contribution in [0.5, 0.6) is 0 Å². The van der Waals surface area contributed by atoms with E-state index < -0.39 is 0 Å². The first kappa shape index (κ1) is 9.57. The highest BCUT2D eigenvalue weighted by molar-refractivity contribution is 5.01. The van der Waals surface area contributed by atoms with E-state index in [0.29, 0.717) is 0 Å². The van der Waals surface area contributed by atoms with Crippen molar-refractivity contribution in [2.24, 2.45) is 0 Å². The average molecular weight is 167 g/mol. The van der Waals surface area contributed by atoms with Gasteiger partial charge in [0.05, 0.1) is 6.54 Å². The summed E-state index contributed by atoms with van der Waals surface area (Å²) in [5.74, 6) is 5.64. The molecule has 0 aromatic heterocycles.